The molecule has 0 fully saturated rings. The number of carbonyl (C=O) groups is 1. The molecule has 2 aromatic rings. The predicted molar refractivity (Wildman–Crippen MR) is 61.4 cm³/mol. The molecule has 0 aliphatic carbocycles. The van der Waals surface area contributed by atoms with E-state index < -0.39 is 18.3 Å². The lowest BCUT2D eigenvalue weighted by atomic mass is 10.2. The molecule has 0 bridgehead atoms. The number of hydrogen-bond donors (Lipinski definition) is 1. The molecule has 2 rings (SSSR count). The molecule has 2 nitrogen and oxygen atoms in total. The molecule has 0 aliphatic heterocycles. The highest BCUT2D eigenvalue weighted by Gasteiger charge is 2.48. The Morgan fingerprint density at radius 3 is 2.67 bits per heavy atom. The number of thiophene rings is 1. The number of carbonyl (C=O) groups excluding carboxylic acids is 1. The van der Waals surface area contributed by atoms with E-state index in [0.717, 1.165) is 10.1 Å². The van der Waals surface area contributed by atoms with Crippen LogP contribution < -0.4 is 5.32 Å². The van der Waals surface area contributed by atoms with E-state index in [2.05, 4.69) is 0 Å². The topological polar surface area (TPSA) is 29.1 Å². The van der Waals surface area contributed by atoms with Crippen molar-refractivity contribution in [2.45, 2.75) is 12.3 Å². The zero-order valence-corrected chi connectivity index (χ0v) is 9.61. The van der Waals surface area contributed by atoms with Crippen LogP contribution in [0.15, 0.2) is 29.6 Å². The Balaban J connectivity index is 2.21. The Hall–Kier alpha value is -1.63. The summed E-state index contributed by atoms with van der Waals surface area (Å²) in [6.45, 7) is 0. The maximum Gasteiger partial charge on any atom is 0.383 e. The maximum atomic E-state index is 12.7. The van der Waals surface area contributed by atoms with Crippen molar-refractivity contribution >= 4 is 33.0 Å². The summed E-state index contributed by atoms with van der Waals surface area (Å²) in [7, 11) is 0. The summed E-state index contributed by atoms with van der Waals surface area (Å²) >= 11 is 1.44. The van der Waals surface area contributed by atoms with Crippen molar-refractivity contribution in [2.75, 3.05) is 5.32 Å². The van der Waals surface area contributed by atoms with Gasteiger partial charge in [0.15, 0.2) is 0 Å². The van der Waals surface area contributed by atoms with Crippen molar-refractivity contribution in [1.82, 2.24) is 0 Å². The molecular formula is C11H7F4NOS. The van der Waals surface area contributed by atoms with E-state index in [1.165, 1.54) is 23.5 Å². The first kappa shape index (κ1) is 12.8. The van der Waals surface area contributed by atoms with Gasteiger partial charge in [-0.1, -0.05) is 0 Å². The van der Waals surface area contributed by atoms with Crippen LogP contribution in [-0.2, 0) is 4.79 Å². The van der Waals surface area contributed by atoms with Gasteiger partial charge >= 0.3 is 18.3 Å². The van der Waals surface area contributed by atoms with Crippen LogP contribution in [0.25, 0.3) is 10.1 Å². The molecule has 1 aromatic heterocycles. The van der Waals surface area contributed by atoms with Crippen molar-refractivity contribution in [1.29, 1.82) is 0 Å². The van der Waals surface area contributed by atoms with Gasteiger partial charge in [-0.2, -0.15) is 8.78 Å². The third-order valence-electron chi connectivity index (χ3n) is 2.29. The summed E-state index contributed by atoms with van der Waals surface area (Å²) in [6.07, 6.45) is -4.03. The molecule has 1 N–H and O–H groups in total. The molecule has 1 amide bonds. The monoisotopic (exact) mass is 277 g/mol. The normalized spacial score (nSPS) is 12.1. The lowest BCUT2D eigenvalue weighted by Gasteiger charge is -2.14. The van der Waals surface area contributed by atoms with Gasteiger partial charge in [-0.15, -0.1) is 11.3 Å². The van der Waals surface area contributed by atoms with Gasteiger partial charge in [-0.25, -0.2) is 8.78 Å². The third-order valence-corrected chi connectivity index (χ3v) is 3.18. The fourth-order valence-electron chi connectivity index (χ4n) is 1.36. The number of benzene rings is 1. The highest BCUT2D eigenvalue weighted by molar-refractivity contribution is 7.17. The number of fused-ring (bicyclic) bond motifs is 1. The summed E-state index contributed by atoms with van der Waals surface area (Å²) in [4.78, 5) is 11.0. The number of nitrogens with one attached hydrogen (secondary N) is 1. The number of halogens is 4. The standard InChI is InChI=1S/C11H7F4NOS/c12-9(13)11(14,15)10(17)16-7-1-2-8-6(5-7)3-4-18-8/h1-5,9H,(H,16,17). The van der Waals surface area contributed by atoms with Crippen LogP contribution in [0, 0.1) is 0 Å². The van der Waals surface area contributed by atoms with Crippen molar-refractivity contribution in [2.24, 2.45) is 0 Å². The number of rotatable bonds is 3. The van der Waals surface area contributed by atoms with E-state index >= 15 is 0 Å². The molecule has 7 heteroatoms. The first-order chi connectivity index (χ1) is 8.41. The second kappa shape index (κ2) is 4.56. The van der Waals surface area contributed by atoms with E-state index in [1.54, 1.807) is 22.8 Å². The summed E-state index contributed by atoms with van der Waals surface area (Å²) in [5.41, 5.74) is 0.0613. The first-order valence-electron chi connectivity index (χ1n) is 4.86. The van der Waals surface area contributed by atoms with E-state index in [4.69, 9.17) is 0 Å². The Labute approximate surface area is 103 Å². The molecule has 0 aliphatic rings. The van der Waals surface area contributed by atoms with Crippen LogP contribution in [0.3, 0.4) is 0 Å². The minimum Gasteiger partial charge on any atom is -0.321 e. The van der Waals surface area contributed by atoms with E-state index in [-0.39, 0.29) is 5.69 Å². The Bertz CT molecular complexity index is 581. The molecule has 96 valence electrons. The fraction of sp³-hybridized carbons (Fsp3) is 0.182. The van der Waals surface area contributed by atoms with Gasteiger partial charge in [0.05, 0.1) is 0 Å². The molecule has 1 heterocycles. The summed E-state index contributed by atoms with van der Waals surface area (Å²) in [5.74, 6) is -6.70. The van der Waals surface area contributed by atoms with Crippen LogP contribution in [-0.4, -0.2) is 18.3 Å². The van der Waals surface area contributed by atoms with Gasteiger partial charge in [0.25, 0.3) is 0 Å². The van der Waals surface area contributed by atoms with Gasteiger partial charge in [-0.05, 0) is 35.0 Å². The fourth-order valence-corrected chi connectivity index (χ4v) is 2.13. The molecule has 1 aromatic carbocycles. The van der Waals surface area contributed by atoms with Gasteiger partial charge in [-0.3, -0.25) is 4.79 Å². The number of alkyl halides is 4. The Kier molecular flexibility index (Phi) is 3.25. The maximum absolute atomic E-state index is 12.7. The van der Waals surface area contributed by atoms with Crippen molar-refractivity contribution < 1.29 is 22.4 Å². The molecule has 0 radical (unpaired) electrons. The van der Waals surface area contributed by atoms with Crippen LogP contribution in [0.5, 0.6) is 0 Å². The molecule has 0 saturated heterocycles. The minimum atomic E-state index is -4.69. The highest BCUT2D eigenvalue weighted by Crippen LogP contribution is 2.27. The van der Waals surface area contributed by atoms with Crippen molar-refractivity contribution in [3.8, 4) is 0 Å². The zero-order valence-electron chi connectivity index (χ0n) is 8.79. The molecule has 0 spiro atoms. The summed E-state index contributed by atoms with van der Waals surface area (Å²) in [6, 6.07) is 6.20. The lowest BCUT2D eigenvalue weighted by Crippen LogP contribution is -2.40. The Morgan fingerprint density at radius 1 is 1.28 bits per heavy atom. The quantitative estimate of drug-likeness (QED) is 0.851. The van der Waals surface area contributed by atoms with Gasteiger partial charge < -0.3 is 5.32 Å². The average Bonchev–Trinajstić information content (AvgIpc) is 2.75. The van der Waals surface area contributed by atoms with Crippen molar-refractivity contribution in [3.63, 3.8) is 0 Å². The SMILES string of the molecule is O=C(Nc1ccc2sccc2c1)C(F)(F)C(F)F. The number of amides is 1. The highest BCUT2D eigenvalue weighted by atomic mass is 32.1. The Morgan fingerprint density at radius 2 is 2.00 bits per heavy atom. The number of anilines is 1. The second-order valence-corrected chi connectivity index (χ2v) is 4.50. The second-order valence-electron chi connectivity index (χ2n) is 3.55. The molecule has 0 saturated carbocycles. The van der Waals surface area contributed by atoms with Gasteiger partial charge in [0, 0.05) is 10.4 Å². The molecule has 0 atom stereocenters. The zero-order chi connectivity index (χ0) is 13.3. The van der Waals surface area contributed by atoms with Gasteiger partial charge in [0.1, 0.15) is 0 Å². The molecular weight excluding hydrogens is 270 g/mol. The van der Waals surface area contributed by atoms with E-state index in [0.29, 0.717) is 0 Å². The number of hydrogen-bond acceptors (Lipinski definition) is 2. The third kappa shape index (κ3) is 2.31. The van der Waals surface area contributed by atoms with E-state index in [9.17, 15) is 22.4 Å². The largest absolute Gasteiger partial charge is 0.383 e. The van der Waals surface area contributed by atoms with Crippen LogP contribution >= 0.6 is 11.3 Å². The van der Waals surface area contributed by atoms with Gasteiger partial charge in [0.2, 0.25) is 0 Å². The van der Waals surface area contributed by atoms with Crippen LogP contribution in [0.4, 0.5) is 23.2 Å². The van der Waals surface area contributed by atoms with Crippen molar-refractivity contribution in [3.05, 3.63) is 29.6 Å². The summed E-state index contributed by atoms with van der Waals surface area (Å²) < 4.78 is 50.3. The van der Waals surface area contributed by atoms with Crippen LogP contribution in [0.1, 0.15) is 0 Å². The summed E-state index contributed by atoms with van der Waals surface area (Å²) in [5, 5.41) is 4.33. The molecule has 18 heavy (non-hydrogen) atoms. The lowest BCUT2D eigenvalue weighted by molar-refractivity contribution is -0.163. The first-order valence-corrected chi connectivity index (χ1v) is 5.74. The van der Waals surface area contributed by atoms with E-state index in [1.807, 2.05) is 0 Å². The smallest absolute Gasteiger partial charge is 0.321 e. The average molecular weight is 277 g/mol. The molecule has 0 unspecified atom stereocenters. The predicted octanol–water partition coefficient (Wildman–Crippen LogP) is 3.74. The van der Waals surface area contributed by atoms with Crippen LogP contribution in [0.2, 0.25) is 0 Å². The minimum absolute atomic E-state index is 0.0613.